The smallest absolute Gasteiger partial charge is 0.390 e. The third kappa shape index (κ3) is 3.86. The van der Waals surface area contributed by atoms with Crippen LogP contribution in [0, 0.1) is 11.6 Å². The van der Waals surface area contributed by atoms with Gasteiger partial charge in [-0.1, -0.05) is 0 Å². The number of anilines is 1. The molecule has 0 saturated heterocycles. The summed E-state index contributed by atoms with van der Waals surface area (Å²) in [5.74, 6) is -3.53. The Labute approximate surface area is 98.8 Å². The monoisotopic (exact) mass is 268 g/mol. The Kier molecular flexibility index (Phi) is 4.10. The van der Waals surface area contributed by atoms with E-state index >= 15 is 0 Å². The molecule has 0 bridgehead atoms. The summed E-state index contributed by atoms with van der Waals surface area (Å²) in [5.41, 5.74) is 4.50. The standard InChI is InChI=1S/C10H9F5N2O/c11-6-3-5(8(16)4-7(6)12)9(18)17-2-1-10(13,14)15/h3-4H,1-2,16H2,(H,17,18). The highest BCUT2D eigenvalue weighted by Gasteiger charge is 2.26. The van der Waals surface area contributed by atoms with Gasteiger partial charge in [0.1, 0.15) is 0 Å². The minimum Gasteiger partial charge on any atom is -0.398 e. The lowest BCUT2D eigenvalue weighted by Gasteiger charge is -2.09. The van der Waals surface area contributed by atoms with Crippen LogP contribution in [0.3, 0.4) is 0 Å². The number of alkyl halides is 3. The normalized spacial score (nSPS) is 11.4. The number of hydrogen-bond donors (Lipinski definition) is 2. The molecule has 1 amide bonds. The zero-order valence-electron chi connectivity index (χ0n) is 8.94. The van der Waals surface area contributed by atoms with Gasteiger partial charge in [-0.2, -0.15) is 13.2 Å². The molecule has 0 spiro atoms. The maximum absolute atomic E-state index is 12.8. The SMILES string of the molecule is Nc1cc(F)c(F)cc1C(=O)NCCC(F)(F)F. The number of carbonyl (C=O) groups is 1. The molecule has 100 valence electrons. The molecule has 8 heteroatoms. The molecule has 1 aromatic rings. The van der Waals surface area contributed by atoms with Crippen LogP contribution < -0.4 is 11.1 Å². The van der Waals surface area contributed by atoms with E-state index in [-0.39, 0.29) is 5.69 Å². The molecule has 0 aliphatic carbocycles. The van der Waals surface area contributed by atoms with Gasteiger partial charge in [0.2, 0.25) is 0 Å². The van der Waals surface area contributed by atoms with Gasteiger partial charge in [-0.05, 0) is 6.07 Å². The molecule has 3 nitrogen and oxygen atoms in total. The van der Waals surface area contributed by atoms with E-state index in [4.69, 9.17) is 5.73 Å². The van der Waals surface area contributed by atoms with Gasteiger partial charge < -0.3 is 11.1 Å². The van der Waals surface area contributed by atoms with Crippen molar-refractivity contribution >= 4 is 11.6 Å². The van der Waals surface area contributed by atoms with Gasteiger partial charge in [-0.15, -0.1) is 0 Å². The van der Waals surface area contributed by atoms with Crippen molar-refractivity contribution in [3.63, 3.8) is 0 Å². The molecule has 18 heavy (non-hydrogen) atoms. The van der Waals surface area contributed by atoms with Gasteiger partial charge in [0.05, 0.1) is 12.0 Å². The first kappa shape index (κ1) is 14.2. The Hall–Kier alpha value is -1.86. The topological polar surface area (TPSA) is 55.1 Å². The minimum atomic E-state index is -4.41. The Morgan fingerprint density at radius 3 is 2.33 bits per heavy atom. The molecule has 0 saturated carbocycles. The van der Waals surface area contributed by atoms with E-state index in [1.807, 2.05) is 5.32 Å². The van der Waals surface area contributed by atoms with Crippen molar-refractivity contribution in [1.82, 2.24) is 5.32 Å². The van der Waals surface area contributed by atoms with Crippen molar-refractivity contribution in [2.24, 2.45) is 0 Å². The lowest BCUT2D eigenvalue weighted by Crippen LogP contribution is -2.28. The molecule has 0 heterocycles. The predicted molar refractivity (Wildman–Crippen MR) is 53.8 cm³/mol. The molecule has 0 aliphatic heterocycles. The summed E-state index contributed by atoms with van der Waals surface area (Å²) in [6.45, 7) is -0.666. The van der Waals surface area contributed by atoms with Crippen molar-refractivity contribution in [1.29, 1.82) is 0 Å². The molecule has 0 radical (unpaired) electrons. The lowest BCUT2D eigenvalue weighted by atomic mass is 10.1. The van der Waals surface area contributed by atoms with Crippen LogP contribution in [0.15, 0.2) is 12.1 Å². The zero-order valence-corrected chi connectivity index (χ0v) is 8.94. The third-order valence-corrected chi connectivity index (χ3v) is 2.03. The number of halogens is 5. The van der Waals surface area contributed by atoms with Crippen LogP contribution >= 0.6 is 0 Å². The summed E-state index contributed by atoms with van der Waals surface area (Å²) in [6, 6.07) is 1.13. The lowest BCUT2D eigenvalue weighted by molar-refractivity contribution is -0.132. The average molecular weight is 268 g/mol. The average Bonchev–Trinajstić information content (AvgIpc) is 2.21. The summed E-state index contributed by atoms with van der Waals surface area (Å²) in [4.78, 5) is 11.4. The van der Waals surface area contributed by atoms with Crippen molar-refractivity contribution in [2.75, 3.05) is 12.3 Å². The van der Waals surface area contributed by atoms with Crippen LogP contribution in [-0.2, 0) is 0 Å². The third-order valence-electron chi connectivity index (χ3n) is 2.03. The number of carbonyl (C=O) groups excluding carboxylic acids is 1. The Morgan fingerprint density at radius 2 is 1.78 bits per heavy atom. The van der Waals surface area contributed by atoms with Crippen LogP contribution in [0.25, 0.3) is 0 Å². The van der Waals surface area contributed by atoms with E-state index in [2.05, 4.69) is 0 Å². The van der Waals surface area contributed by atoms with E-state index in [9.17, 15) is 26.7 Å². The van der Waals surface area contributed by atoms with Gasteiger partial charge in [-0.3, -0.25) is 4.79 Å². The van der Waals surface area contributed by atoms with Crippen LogP contribution in [0.5, 0.6) is 0 Å². The first-order valence-corrected chi connectivity index (χ1v) is 4.80. The number of nitrogens with two attached hydrogens (primary N) is 1. The van der Waals surface area contributed by atoms with Crippen LogP contribution in [0.4, 0.5) is 27.6 Å². The second-order valence-corrected chi connectivity index (χ2v) is 3.47. The molecule has 0 aromatic heterocycles. The first-order chi connectivity index (χ1) is 8.20. The molecule has 1 rings (SSSR count). The van der Waals surface area contributed by atoms with E-state index in [0.717, 1.165) is 0 Å². The maximum atomic E-state index is 12.8. The van der Waals surface area contributed by atoms with Gasteiger partial charge in [0.25, 0.3) is 5.91 Å². The predicted octanol–water partition coefficient (Wildman–Crippen LogP) is 2.23. The second-order valence-electron chi connectivity index (χ2n) is 3.47. The molecule has 0 aliphatic rings. The van der Waals surface area contributed by atoms with Gasteiger partial charge in [0.15, 0.2) is 11.6 Å². The van der Waals surface area contributed by atoms with Crippen molar-refractivity contribution in [3.05, 3.63) is 29.3 Å². The summed E-state index contributed by atoms with van der Waals surface area (Å²) in [5, 5.41) is 1.91. The highest BCUT2D eigenvalue weighted by Crippen LogP contribution is 2.19. The molecule has 0 unspecified atom stereocenters. The number of amides is 1. The molecular formula is C10H9F5N2O. The molecule has 0 fully saturated rings. The molecule has 1 aromatic carbocycles. The first-order valence-electron chi connectivity index (χ1n) is 4.80. The fourth-order valence-corrected chi connectivity index (χ4v) is 1.17. The van der Waals surface area contributed by atoms with Crippen molar-refractivity contribution in [3.8, 4) is 0 Å². The highest BCUT2D eigenvalue weighted by atomic mass is 19.4. The van der Waals surface area contributed by atoms with E-state index in [1.54, 1.807) is 0 Å². The van der Waals surface area contributed by atoms with Gasteiger partial charge in [0, 0.05) is 18.3 Å². The van der Waals surface area contributed by atoms with Crippen molar-refractivity contribution in [2.45, 2.75) is 12.6 Å². The number of nitrogens with one attached hydrogen (secondary N) is 1. The van der Waals surface area contributed by atoms with Crippen LogP contribution in [0.1, 0.15) is 16.8 Å². The Bertz CT molecular complexity index is 458. The fourth-order valence-electron chi connectivity index (χ4n) is 1.17. The van der Waals surface area contributed by atoms with E-state index < -0.39 is 42.2 Å². The number of benzene rings is 1. The number of rotatable bonds is 3. The summed E-state index contributed by atoms with van der Waals surface area (Å²) >= 11 is 0. The van der Waals surface area contributed by atoms with Crippen LogP contribution in [0.2, 0.25) is 0 Å². The number of nitrogen functional groups attached to an aromatic ring is 1. The fraction of sp³-hybridized carbons (Fsp3) is 0.300. The molecule has 3 N–H and O–H groups in total. The number of hydrogen-bond acceptors (Lipinski definition) is 2. The Balaban J connectivity index is 2.70. The Morgan fingerprint density at radius 1 is 1.22 bits per heavy atom. The molecular weight excluding hydrogens is 259 g/mol. The quantitative estimate of drug-likeness (QED) is 0.652. The van der Waals surface area contributed by atoms with Crippen LogP contribution in [-0.4, -0.2) is 18.6 Å². The van der Waals surface area contributed by atoms with Gasteiger partial charge in [-0.25, -0.2) is 8.78 Å². The highest BCUT2D eigenvalue weighted by molar-refractivity contribution is 5.99. The zero-order chi connectivity index (χ0) is 13.9. The maximum Gasteiger partial charge on any atom is 0.390 e. The largest absolute Gasteiger partial charge is 0.398 e. The summed E-state index contributed by atoms with van der Waals surface area (Å²) in [7, 11) is 0. The minimum absolute atomic E-state index is 0.349. The van der Waals surface area contributed by atoms with Gasteiger partial charge >= 0.3 is 6.18 Å². The second kappa shape index (κ2) is 5.19. The van der Waals surface area contributed by atoms with E-state index in [0.29, 0.717) is 12.1 Å². The summed E-state index contributed by atoms with van der Waals surface area (Å²) < 4.78 is 61.0. The summed E-state index contributed by atoms with van der Waals surface area (Å²) in [6.07, 6.45) is -5.63. The molecule has 0 atom stereocenters. The van der Waals surface area contributed by atoms with E-state index in [1.165, 1.54) is 0 Å². The van der Waals surface area contributed by atoms with Crippen molar-refractivity contribution < 1.29 is 26.7 Å².